The van der Waals surface area contributed by atoms with Crippen LogP contribution in [0, 0.1) is 24.2 Å². The number of nitrogens with two attached hydrogens (primary N) is 1. The van der Waals surface area contributed by atoms with E-state index in [1.807, 2.05) is 12.1 Å². The highest BCUT2D eigenvalue weighted by molar-refractivity contribution is 5.64. The topological polar surface area (TPSA) is 53.0 Å². The van der Waals surface area contributed by atoms with Crippen molar-refractivity contribution >= 4 is 5.69 Å². The van der Waals surface area contributed by atoms with Gasteiger partial charge < -0.3 is 10.6 Å². The molecule has 1 aliphatic heterocycles. The standard InChI is InChI=1S/C13H17N3/c1-10-3-2-4-12(8-15)13(10)16-6-5-11(7-14)9-16/h2-4,11H,5-7,9,14H2,1H3. The average Bonchev–Trinajstić information content (AvgIpc) is 2.76. The number of para-hydroxylation sites is 1. The molecule has 1 fully saturated rings. The predicted molar refractivity (Wildman–Crippen MR) is 65.3 cm³/mol. The molecule has 84 valence electrons. The van der Waals surface area contributed by atoms with Gasteiger partial charge in [0.25, 0.3) is 0 Å². The molecule has 3 nitrogen and oxygen atoms in total. The van der Waals surface area contributed by atoms with Gasteiger partial charge in [-0.05, 0) is 37.4 Å². The maximum Gasteiger partial charge on any atom is 0.101 e. The van der Waals surface area contributed by atoms with Crippen molar-refractivity contribution in [3.63, 3.8) is 0 Å². The van der Waals surface area contributed by atoms with Gasteiger partial charge in [-0.2, -0.15) is 5.26 Å². The molecule has 1 heterocycles. The lowest BCUT2D eigenvalue weighted by atomic mass is 10.1. The van der Waals surface area contributed by atoms with Crippen molar-refractivity contribution in [2.24, 2.45) is 11.7 Å². The largest absolute Gasteiger partial charge is 0.370 e. The van der Waals surface area contributed by atoms with E-state index in [1.165, 1.54) is 5.56 Å². The first-order valence-corrected chi connectivity index (χ1v) is 5.71. The fourth-order valence-electron chi connectivity index (χ4n) is 2.40. The molecule has 0 aromatic heterocycles. The Morgan fingerprint density at radius 2 is 2.38 bits per heavy atom. The van der Waals surface area contributed by atoms with Gasteiger partial charge >= 0.3 is 0 Å². The van der Waals surface area contributed by atoms with Gasteiger partial charge in [0.2, 0.25) is 0 Å². The van der Waals surface area contributed by atoms with Crippen LogP contribution in [0.5, 0.6) is 0 Å². The van der Waals surface area contributed by atoms with Crippen LogP contribution in [0.15, 0.2) is 18.2 Å². The summed E-state index contributed by atoms with van der Waals surface area (Å²) in [6.07, 6.45) is 1.13. The van der Waals surface area contributed by atoms with E-state index >= 15 is 0 Å². The summed E-state index contributed by atoms with van der Waals surface area (Å²) in [5.41, 5.74) is 8.74. The van der Waals surface area contributed by atoms with Gasteiger partial charge in [-0.25, -0.2) is 0 Å². The first-order valence-electron chi connectivity index (χ1n) is 5.71. The number of nitrogens with zero attached hydrogens (tertiary/aromatic N) is 2. The predicted octanol–water partition coefficient (Wildman–Crippen LogP) is 1.65. The molecule has 1 atom stereocenters. The Morgan fingerprint density at radius 1 is 1.56 bits per heavy atom. The Hall–Kier alpha value is -1.53. The van der Waals surface area contributed by atoms with Crippen LogP contribution in [0.25, 0.3) is 0 Å². The van der Waals surface area contributed by atoms with Crippen molar-refractivity contribution in [2.75, 3.05) is 24.5 Å². The summed E-state index contributed by atoms with van der Waals surface area (Å²) in [6.45, 7) is 4.80. The number of hydrogen-bond acceptors (Lipinski definition) is 3. The third kappa shape index (κ3) is 1.89. The molecule has 0 radical (unpaired) electrons. The van der Waals surface area contributed by atoms with Crippen LogP contribution in [0.2, 0.25) is 0 Å². The molecule has 1 unspecified atom stereocenters. The summed E-state index contributed by atoms with van der Waals surface area (Å²) in [5.74, 6) is 0.575. The van der Waals surface area contributed by atoms with E-state index in [0.717, 1.165) is 37.3 Å². The van der Waals surface area contributed by atoms with Crippen LogP contribution in [0.3, 0.4) is 0 Å². The van der Waals surface area contributed by atoms with Crippen molar-refractivity contribution in [3.8, 4) is 6.07 Å². The van der Waals surface area contributed by atoms with E-state index in [9.17, 15) is 0 Å². The SMILES string of the molecule is Cc1cccc(C#N)c1N1CCC(CN)C1. The fourth-order valence-corrected chi connectivity index (χ4v) is 2.40. The first kappa shape index (κ1) is 11.0. The van der Waals surface area contributed by atoms with E-state index in [4.69, 9.17) is 11.0 Å². The maximum atomic E-state index is 9.12. The second-order valence-electron chi connectivity index (χ2n) is 4.42. The molecule has 1 saturated heterocycles. The zero-order valence-corrected chi connectivity index (χ0v) is 9.61. The highest BCUT2D eigenvalue weighted by atomic mass is 15.2. The molecule has 1 aromatic rings. The van der Waals surface area contributed by atoms with Gasteiger partial charge in [-0.3, -0.25) is 0 Å². The van der Waals surface area contributed by atoms with Gasteiger partial charge in [0.05, 0.1) is 11.3 Å². The van der Waals surface area contributed by atoms with Crippen molar-refractivity contribution in [3.05, 3.63) is 29.3 Å². The third-order valence-electron chi connectivity index (χ3n) is 3.29. The zero-order valence-electron chi connectivity index (χ0n) is 9.61. The van der Waals surface area contributed by atoms with Gasteiger partial charge in [-0.1, -0.05) is 12.1 Å². The first-order chi connectivity index (χ1) is 7.76. The number of nitriles is 1. The van der Waals surface area contributed by atoms with Crippen molar-refractivity contribution in [1.29, 1.82) is 5.26 Å². The number of hydrogen-bond donors (Lipinski definition) is 1. The highest BCUT2D eigenvalue weighted by Crippen LogP contribution is 2.29. The average molecular weight is 215 g/mol. The second kappa shape index (κ2) is 4.54. The summed E-state index contributed by atoms with van der Waals surface area (Å²) in [5, 5.41) is 9.12. The van der Waals surface area contributed by atoms with Gasteiger partial charge in [0.1, 0.15) is 6.07 Å². The van der Waals surface area contributed by atoms with E-state index in [-0.39, 0.29) is 0 Å². The van der Waals surface area contributed by atoms with Crippen LogP contribution in [-0.4, -0.2) is 19.6 Å². The zero-order chi connectivity index (χ0) is 11.5. The number of benzene rings is 1. The summed E-state index contributed by atoms with van der Waals surface area (Å²) in [6, 6.07) is 8.16. The second-order valence-corrected chi connectivity index (χ2v) is 4.42. The van der Waals surface area contributed by atoms with Crippen LogP contribution in [0.1, 0.15) is 17.5 Å². The lowest BCUT2D eigenvalue weighted by Gasteiger charge is -2.22. The molecule has 0 bridgehead atoms. The normalized spacial score (nSPS) is 19.8. The molecule has 0 aliphatic carbocycles. The van der Waals surface area contributed by atoms with Crippen molar-refractivity contribution in [1.82, 2.24) is 0 Å². The minimum atomic E-state index is 0.575. The number of aryl methyl sites for hydroxylation is 1. The third-order valence-corrected chi connectivity index (χ3v) is 3.29. The van der Waals surface area contributed by atoms with Crippen LogP contribution in [0.4, 0.5) is 5.69 Å². The molecule has 2 N–H and O–H groups in total. The fraction of sp³-hybridized carbons (Fsp3) is 0.462. The van der Waals surface area contributed by atoms with Gasteiger partial charge in [-0.15, -0.1) is 0 Å². The lowest BCUT2D eigenvalue weighted by molar-refractivity contribution is 0.602. The quantitative estimate of drug-likeness (QED) is 0.816. The Labute approximate surface area is 96.5 Å². The maximum absolute atomic E-state index is 9.12. The van der Waals surface area contributed by atoms with Crippen molar-refractivity contribution < 1.29 is 0 Å². The van der Waals surface area contributed by atoms with E-state index < -0.39 is 0 Å². The summed E-state index contributed by atoms with van der Waals surface area (Å²) < 4.78 is 0. The smallest absolute Gasteiger partial charge is 0.101 e. The van der Waals surface area contributed by atoms with Gasteiger partial charge in [0, 0.05) is 13.1 Å². The van der Waals surface area contributed by atoms with Crippen LogP contribution < -0.4 is 10.6 Å². The Bertz CT molecular complexity index is 420. The monoisotopic (exact) mass is 215 g/mol. The molecule has 1 aromatic carbocycles. The van der Waals surface area contributed by atoms with Crippen LogP contribution in [-0.2, 0) is 0 Å². The van der Waals surface area contributed by atoms with Gasteiger partial charge in [0.15, 0.2) is 0 Å². The highest BCUT2D eigenvalue weighted by Gasteiger charge is 2.24. The Balaban J connectivity index is 2.31. The molecule has 0 spiro atoms. The molecule has 16 heavy (non-hydrogen) atoms. The summed E-state index contributed by atoms with van der Waals surface area (Å²) in [7, 11) is 0. The molecule has 1 aliphatic rings. The minimum Gasteiger partial charge on any atom is -0.370 e. The Kier molecular flexibility index (Phi) is 3.12. The summed E-state index contributed by atoms with van der Waals surface area (Å²) >= 11 is 0. The molecule has 2 rings (SSSR count). The Morgan fingerprint density at radius 3 is 3.00 bits per heavy atom. The molecular weight excluding hydrogens is 198 g/mol. The molecule has 3 heteroatoms. The lowest BCUT2D eigenvalue weighted by Crippen LogP contribution is -2.24. The molecular formula is C13H17N3. The minimum absolute atomic E-state index is 0.575. The van der Waals surface area contributed by atoms with E-state index in [1.54, 1.807) is 0 Å². The van der Waals surface area contributed by atoms with E-state index in [2.05, 4.69) is 24.0 Å². The molecule has 0 amide bonds. The van der Waals surface area contributed by atoms with Crippen LogP contribution >= 0.6 is 0 Å². The van der Waals surface area contributed by atoms with E-state index in [0.29, 0.717) is 5.92 Å². The van der Waals surface area contributed by atoms with Crippen molar-refractivity contribution in [2.45, 2.75) is 13.3 Å². The molecule has 0 saturated carbocycles. The summed E-state index contributed by atoms with van der Waals surface area (Å²) in [4.78, 5) is 2.30. The number of rotatable bonds is 2. The number of anilines is 1.